The van der Waals surface area contributed by atoms with E-state index in [2.05, 4.69) is 15.9 Å². The highest BCUT2D eigenvalue weighted by atomic mass is 14.8. The monoisotopic (exact) mass is 142 g/mol. The number of hydrogen-bond donors (Lipinski definition) is 1. The molecular weight excluding hydrogens is 136 g/mol. The molecular formula is C9H6N2. The second kappa shape index (κ2) is 2.14. The van der Waals surface area contributed by atoms with E-state index in [1.807, 2.05) is 18.3 Å². The van der Waals surface area contributed by atoms with Gasteiger partial charge in [0, 0.05) is 23.3 Å². The fourth-order valence-corrected chi connectivity index (χ4v) is 1.09. The number of terminal acetylenes is 1. The van der Waals surface area contributed by atoms with Crippen molar-refractivity contribution in [3.8, 4) is 12.3 Å². The Hall–Kier alpha value is -1.75. The molecule has 52 valence electrons. The second-order valence-corrected chi connectivity index (χ2v) is 2.24. The molecule has 11 heavy (non-hydrogen) atoms. The van der Waals surface area contributed by atoms with Gasteiger partial charge < -0.3 is 4.98 Å². The lowest BCUT2D eigenvalue weighted by atomic mass is 10.2. The molecule has 0 spiro atoms. The number of aromatic nitrogens is 2. The Balaban J connectivity index is 2.92. The standard InChI is InChI=1S/C9H6N2/c1-2-7-3-5-10-9-8(7)4-6-11-9/h1,3-6H,(H,10,11). The van der Waals surface area contributed by atoms with Crippen molar-refractivity contribution in [2.75, 3.05) is 0 Å². The zero-order valence-electron chi connectivity index (χ0n) is 5.83. The lowest BCUT2D eigenvalue weighted by Gasteiger charge is -1.90. The molecule has 2 rings (SSSR count). The van der Waals surface area contributed by atoms with Gasteiger partial charge in [-0.25, -0.2) is 4.98 Å². The smallest absolute Gasteiger partial charge is 0.138 e. The Kier molecular flexibility index (Phi) is 1.16. The van der Waals surface area contributed by atoms with Gasteiger partial charge in [-0.2, -0.15) is 0 Å². The minimum absolute atomic E-state index is 0.848. The molecule has 0 bridgehead atoms. The number of hydrogen-bond acceptors (Lipinski definition) is 1. The number of rotatable bonds is 0. The Morgan fingerprint density at radius 1 is 1.45 bits per heavy atom. The zero-order chi connectivity index (χ0) is 7.68. The van der Waals surface area contributed by atoms with Crippen LogP contribution in [0.3, 0.4) is 0 Å². The first-order valence-corrected chi connectivity index (χ1v) is 3.30. The minimum atomic E-state index is 0.848. The Morgan fingerprint density at radius 2 is 2.36 bits per heavy atom. The number of aromatic amines is 1. The van der Waals surface area contributed by atoms with E-state index < -0.39 is 0 Å². The zero-order valence-corrected chi connectivity index (χ0v) is 5.83. The summed E-state index contributed by atoms with van der Waals surface area (Å²) >= 11 is 0. The van der Waals surface area contributed by atoms with Crippen molar-refractivity contribution in [2.24, 2.45) is 0 Å². The first-order chi connectivity index (χ1) is 5.42. The number of nitrogens with zero attached hydrogens (tertiary/aromatic N) is 1. The van der Waals surface area contributed by atoms with E-state index in [4.69, 9.17) is 6.42 Å². The molecule has 0 aliphatic rings. The topological polar surface area (TPSA) is 28.7 Å². The molecule has 0 aliphatic heterocycles. The van der Waals surface area contributed by atoms with Crippen LogP contribution in [0.1, 0.15) is 5.56 Å². The summed E-state index contributed by atoms with van der Waals surface area (Å²) in [6, 6.07) is 3.76. The van der Waals surface area contributed by atoms with E-state index in [1.54, 1.807) is 6.20 Å². The van der Waals surface area contributed by atoms with Crippen molar-refractivity contribution in [1.82, 2.24) is 9.97 Å². The third-order valence-corrected chi connectivity index (χ3v) is 1.62. The van der Waals surface area contributed by atoms with E-state index in [0.717, 1.165) is 16.6 Å². The van der Waals surface area contributed by atoms with Gasteiger partial charge in [0.25, 0.3) is 0 Å². The van der Waals surface area contributed by atoms with Gasteiger partial charge in [0.05, 0.1) is 0 Å². The van der Waals surface area contributed by atoms with Crippen LogP contribution in [0.4, 0.5) is 0 Å². The molecule has 0 saturated heterocycles. The summed E-state index contributed by atoms with van der Waals surface area (Å²) in [5.41, 5.74) is 1.73. The maximum Gasteiger partial charge on any atom is 0.138 e. The summed E-state index contributed by atoms with van der Waals surface area (Å²) in [5.74, 6) is 2.60. The SMILES string of the molecule is C#Cc1ccnc2[nH]ccc12. The van der Waals surface area contributed by atoms with E-state index in [-0.39, 0.29) is 0 Å². The number of pyridine rings is 1. The summed E-state index contributed by atoms with van der Waals surface area (Å²) in [5, 5.41) is 1.01. The predicted molar refractivity (Wildman–Crippen MR) is 44.0 cm³/mol. The second-order valence-electron chi connectivity index (χ2n) is 2.24. The molecule has 0 fully saturated rings. The summed E-state index contributed by atoms with van der Waals surface area (Å²) in [6.07, 6.45) is 8.82. The molecule has 2 heterocycles. The van der Waals surface area contributed by atoms with Crippen LogP contribution in [0.15, 0.2) is 24.5 Å². The van der Waals surface area contributed by atoms with Gasteiger partial charge in [-0.15, -0.1) is 6.42 Å². The number of fused-ring (bicyclic) bond motifs is 1. The van der Waals surface area contributed by atoms with Crippen molar-refractivity contribution < 1.29 is 0 Å². The van der Waals surface area contributed by atoms with Gasteiger partial charge in [0.2, 0.25) is 0 Å². The molecule has 0 aromatic carbocycles. The molecule has 2 aromatic rings. The third kappa shape index (κ3) is 0.786. The molecule has 0 unspecified atom stereocenters. The summed E-state index contributed by atoms with van der Waals surface area (Å²) < 4.78 is 0. The van der Waals surface area contributed by atoms with Crippen LogP contribution in [0.2, 0.25) is 0 Å². The highest BCUT2D eigenvalue weighted by molar-refractivity contribution is 5.82. The lowest BCUT2D eigenvalue weighted by Crippen LogP contribution is -1.78. The normalized spacial score (nSPS) is 9.73. The molecule has 2 heteroatoms. The quantitative estimate of drug-likeness (QED) is 0.555. The average Bonchev–Trinajstić information content (AvgIpc) is 2.50. The van der Waals surface area contributed by atoms with Crippen LogP contribution < -0.4 is 0 Å². The van der Waals surface area contributed by atoms with Gasteiger partial charge in [-0.05, 0) is 12.1 Å². The van der Waals surface area contributed by atoms with Crippen molar-refractivity contribution in [3.63, 3.8) is 0 Å². The van der Waals surface area contributed by atoms with Gasteiger partial charge >= 0.3 is 0 Å². The fraction of sp³-hybridized carbons (Fsp3) is 0. The van der Waals surface area contributed by atoms with Crippen LogP contribution in [-0.4, -0.2) is 9.97 Å². The minimum Gasteiger partial charge on any atom is -0.346 e. The van der Waals surface area contributed by atoms with Gasteiger partial charge in [-0.1, -0.05) is 5.92 Å². The highest BCUT2D eigenvalue weighted by Gasteiger charge is 1.97. The summed E-state index contributed by atoms with van der Waals surface area (Å²) in [7, 11) is 0. The largest absolute Gasteiger partial charge is 0.346 e. The molecule has 0 saturated carbocycles. The van der Waals surface area contributed by atoms with Crippen molar-refractivity contribution in [2.45, 2.75) is 0 Å². The molecule has 0 amide bonds. The molecule has 2 aromatic heterocycles. The van der Waals surface area contributed by atoms with Gasteiger partial charge in [-0.3, -0.25) is 0 Å². The average molecular weight is 142 g/mol. The fourth-order valence-electron chi connectivity index (χ4n) is 1.09. The van der Waals surface area contributed by atoms with E-state index in [0.29, 0.717) is 0 Å². The first-order valence-electron chi connectivity index (χ1n) is 3.30. The number of nitrogens with one attached hydrogen (secondary N) is 1. The predicted octanol–water partition coefficient (Wildman–Crippen LogP) is 1.54. The molecule has 0 radical (unpaired) electrons. The van der Waals surface area contributed by atoms with Crippen LogP contribution in [-0.2, 0) is 0 Å². The third-order valence-electron chi connectivity index (χ3n) is 1.62. The van der Waals surface area contributed by atoms with Gasteiger partial charge in [0.1, 0.15) is 5.65 Å². The van der Waals surface area contributed by atoms with Crippen molar-refractivity contribution >= 4 is 11.0 Å². The van der Waals surface area contributed by atoms with E-state index >= 15 is 0 Å². The first kappa shape index (κ1) is 5.99. The Bertz CT molecular complexity index is 420. The Morgan fingerprint density at radius 3 is 3.18 bits per heavy atom. The van der Waals surface area contributed by atoms with Crippen LogP contribution in [0.25, 0.3) is 11.0 Å². The molecule has 0 atom stereocenters. The van der Waals surface area contributed by atoms with Crippen molar-refractivity contribution in [1.29, 1.82) is 0 Å². The molecule has 0 aliphatic carbocycles. The molecule has 1 N–H and O–H groups in total. The summed E-state index contributed by atoms with van der Waals surface area (Å²) in [4.78, 5) is 7.09. The van der Waals surface area contributed by atoms with Crippen LogP contribution in [0, 0.1) is 12.3 Å². The lowest BCUT2D eigenvalue weighted by molar-refractivity contribution is 1.32. The van der Waals surface area contributed by atoms with Crippen LogP contribution >= 0.6 is 0 Å². The van der Waals surface area contributed by atoms with Crippen LogP contribution in [0.5, 0.6) is 0 Å². The number of H-pyrrole nitrogens is 1. The van der Waals surface area contributed by atoms with Crippen molar-refractivity contribution in [3.05, 3.63) is 30.1 Å². The van der Waals surface area contributed by atoms with E-state index in [1.165, 1.54) is 0 Å². The van der Waals surface area contributed by atoms with Gasteiger partial charge in [0.15, 0.2) is 0 Å². The highest BCUT2D eigenvalue weighted by Crippen LogP contribution is 2.12. The Labute approximate surface area is 64.3 Å². The maximum atomic E-state index is 5.28. The maximum absolute atomic E-state index is 5.28. The van der Waals surface area contributed by atoms with E-state index in [9.17, 15) is 0 Å². The molecule has 2 nitrogen and oxygen atoms in total. The summed E-state index contributed by atoms with van der Waals surface area (Å²) in [6.45, 7) is 0.